The summed E-state index contributed by atoms with van der Waals surface area (Å²) in [7, 11) is 1.07. The third-order valence-corrected chi connectivity index (χ3v) is 6.93. The first-order chi connectivity index (χ1) is 18.3. The van der Waals surface area contributed by atoms with Crippen LogP contribution in [-0.2, 0) is 35.1 Å². The molecule has 1 N–H and O–H groups in total. The van der Waals surface area contributed by atoms with E-state index in [4.69, 9.17) is 23.7 Å². The second kappa shape index (κ2) is 12.3. The van der Waals surface area contributed by atoms with Crippen LogP contribution in [0, 0.1) is 0 Å². The number of benzene rings is 3. The number of hydrogen-bond acceptors (Lipinski definition) is 9. The molecule has 10 heteroatoms. The van der Waals surface area contributed by atoms with Crippen LogP contribution in [0.2, 0.25) is 0 Å². The molecule has 1 aliphatic heterocycles. The Labute approximate surface area is 227 Å². The van der Waals surface area contributed by atoms with Crippen molar-refractivity contribution >= 4 is 33.8 Å². The first-order valence-electron chi connectivity index (χ1n) is 11.6. The van der Waals surface area contributed by atoms with E-state index >= 15 is 0 Å². The Kier molecular flexibility index (Phi) is 8.90. The van der Waals surface area contributed by atoms with E-state index in [1.54, 1.807) is 72.8 Å². The summed E-state index contributed by atoms with van der Waals surface area (Å²) in [5.74, 6) is -5.34. The average Bonchev–Trinajstić information content (AvgIpc) is 2.96. The third-order valence-electron chi connectivity index (χ3n) is 5.79. The fourth-order valence-corrected chi connectivity index (χ4v) is 4.53. The lowest BCUT2D eigenvalue weighted by atomic mass is 9.98. The number of rotatable bonds is 8. The van der Waals surface area contributed by atoms with Crippen LogP contribution < -0.4 is 0 Å². The summed E-state index contributed by atoms with van der Waals surface area (Å²) in [4.78, 5) is 37.3. The summed E-state index contributed by atoms with van der Waals surface area (Å²) in [6, 6.07) is 25.3. The van der Waals surface area contributed by atoms with Gasteiger partial charge >= 0.3 is 17.9 Å². The maximum atomic E-state index is 13.0. The molecule has 1 aliphatic rings. The van der Waals surface area contributed by atoms with Crippen molar-refractivity contribution < 1.29 is 43.2 Å². The summed E-state index contributed by atoms with van der Waals surface area (Å²) >= 11 is 3.23. The van der Waals surface area contributed by atoms with Crippen molar-refractivity contribution in [3.8, 4) is 0 Å². The quantitative estimate of drug-likeness (QED) is 0.240. The molecule has 0 aromatic heterocycles. The predicted molar refractivity (Wildman–Crippen MR) is 137 cm³/mol. The van der Waals surface area contributed by atoms with Crippen LogP contribution in [0.5, 0.6) is 0 Å². The molecule has 9 nitrogen and oxygen atoms in total. The van der Waals surface area contributed by atoms with Crippen LogP contribution in [0.15, 0.2) is 91.0 Å². The first-order valence-corrected chi connectivity index (χ1v) is 12.6. The van der Waals surface area contributed by atoms with Gasteiger partial charge in [0.25, 0.3) is 5.79 Å². The number of carbonyl (C=O) groups excluding carboxylic acids is 3. The third kappa shape index (κ3) is 6.11. The molecule has 0 spiro atoms. The van der Waals surface area contributed by atoms with Crippen molar-refractivity contribution in [2.75, 3.05) is 7.11 Å². The SMILES string of the molecule is COC(=O)[C@@]1(O)O[C@@H](OCc2ccccc2)[C@H](OC(=O)c2ccccc2)[C@@H](OC(=O)c2ccccc2)[C@H]1Br. The van der Waals surface area contributed by atoms with Crippen molar-refractivity contribution in [3.63, 3.8) is 0 Å². The van der Waals surface area contributed by atoms with E-state index in [0.717, 1.165) is 12.7 Å². The zero-order chi connectivity index (χ0) is 27.1. The molecule has 38 heavy (non-hydrogen) atoms. The summed E-state index contributed by atoms with van der Waals surface area (Å²) in [5.41, 5.74) is 1.17. The van der Waals surface area contributed by atoms with E-state index in [0.29, 0.717) is 0 Å². The molecule has 0 radical (unpaired) electrons. The Morgan fingerprint density at radius 1 is 0.816 bits per heavy atom. The number of hydrogen-bond donors (Lipinski definition) is 1. The fraction of sp³-hybridized carbons (Fsp3) is 0.250. The maximum absolute atomic E-state index is 13.0. The highest BCUT2D eigenvalue weighted by molar-refractivity contribution is 9.09. The standard InChI is InChI=1S/C28H25BrO9/c1-34-27(32)28(33)23(29)21(36-24(30)19-13-7-3-8-14-19)22(37-25(31)20-15-9-4-10-16-20)26(38-28)35-17-18-11-5-2-6-12-18/h2-16,21-23,26,33H,17H2,1H3/t21-,22-,23-,26-,28+/m1/s1. The van der Waals surface area contributed by atoms with E-state index < -0.39 is 47.0 Å². The largest absolute Gasteiger partial charge is 0.465 e. The Bertz CT molecular complexity index is 1240. The van der Waals surface area contributed by atoms with Gasteiger partial charge in [-0.15, -0.1) is 0 Å². The van der Waals surface area contributed by atoms with Crippen molar-refractivity contribution in [1.29, 1.82) is 0 Å². The molecule has 5 atom stereocenters. The van der Waals surface area contributed by atoms with E-state index in [2.05, 4.69) is 15.9 Å². The Morgan fingerprint density at radius 2 is 1.29 bits per heavy atom. The summed E-state index contributed by atoms with van der Waals surface area (Å²) in [6.45, 7) is -0.0333. The normalized spacial score (nSPS) is 24.7. The first kappa shape index (κ1) is 27.5. The van der Waals surface area contributed by atoms with E-state index in [1.807, 2.05) is 6.07 Å². The summed E-state index contributed by atoms with van der Waals surface area (Å²) < 4.78 is 27.8. The molecule has 0 aliphatic carbocycles. The van der Waals surface area contributed by atoms with Gasteiger partial charge < -0.3 is 28.8 Å². The van der Waals surface area contributed by atoms with Crippen LogP contribution in [-0.4, -0.2) is 59.2 Å². The minimum absolute atomic E-state index is 0.0333. The predicted octanol–water partition coefficient (Wildman–Crippen LogP) is 3.64. The van der Waals surface area contributed by atoms with Crippen molar-refractivity contribution in [3.05, 3.63) is 108 Å². The van der Waals surface area contributed by atoms with Gasteiger partial charge in [0, 0.05) is 0 Å². The Balaban J connectivity index is 1.70. The smallest absolute Gasteiger partial charge is 0.367 e. The molecule has 3 aromatic carbocycles. The lowest BCUT2D eigenvalue weighted by Crippen LogP contribution is -2.67. The maximum Gasteiger partial charge on any atom is 0.367 e. The average molecular weight is 585 g/mol. The molecule has 0 bridgehead atoms. The minimum Gasteiger partial charge on any atom is -0.465 e. The lowest BCUT2D eigenvalue weighted by Gasteiger charge is -2.45. The molecular formula is C28H25BrO9. The highest BCUT2D eigenvalue weighted by Crippen LogP contribution is 2.38. The van der Waals surface area contributed by atoms with E-state index in [-0.39, 0.29) is 17.7 Å². The van der Waals surface area contributed by atoms with Crippen LogP contribution in [0.3, 0.4) is 0 Å². The van der Waals surface area contributed by atoms with Crippen LogP contribution in [0.25, 0.3) is 0 Å². The highest BCUT2D eigenvalue weighted by atomic mass is 79.9. The van der Waals surface area contributed by atoms with Crippen molar-refractivity contribution in [1.82, 2.24) is 0 Å². The molecular weight excluding hydrogens is 560 g/mol. The monoisotopic (exact) mass is 584 g/mol. The van der Waals surface area contributed by atoms with Gasteiger partial charge in [0.1, 0.15) is 4.83 Å². The van der Waals surface area contributed by atoms with Crippen LogP contribution in [0.4, 0.5) is 0 Å². The van der Waals surface area contributed by atoms with Gasteiger partial charge in [-0.1, -0.05) is 82.7 Å². The summed E-state index contributed by atoms with van der Waals surface area (Å²) in [5, 5.41) is 11.2. The zero-order valence-electron chi connectivity index (χ0n) is 20.3. The van der Waals surface area contributed by atoms with Crippen LogP contribution in [0.1, 0.15) is 26.3 Å². The highest BCUT2D eigenvalue weighted by Gasteiger charge is 2.61. The summed E-state index contributed by atoms with van der Waals surface area (Å²) in [6.07, 6.45) is -4.36. The molecule has 1 fully saturated rings. The van der Waals surface area contributed by atoms with Crippen molar-refractivity contribution in [2.45, 2.75) is 35.7 Å². The number of esters is 3. The van der Waals surface area contributed by atoms with Gasteiger partial charge in [-0.2, -0.15) is 0 Å². The minimum atomic E-state index is -2.65. The van der Waals surface area contributed by atoms with E-state index in [9.17, 15) is 19.5 Å². The van der Waals surface area contributed by atoms with Gasteiger partial charge in [0.2, 0.25) is 6.29 Å². The lowest BCUT2D eigenvalue weighted by molar-refractivity contribution is -0.345. The van der Waals surface area contributed by atoms with Gasteiger partial charge in [0.15, 0.2) is 12.2 Å². The Morgan fingerprint density at radius 3 is 1.79 bits per heavy atom. The molecule has 1 saturated heterocycles. The second-order valence-electron chi connectivity index (χ2n) is 8.34. The van der Waals surface area contributed by atoms with E-state index in [1.165, 1.54) is 12.1 Å². The number of methoxy groups -OCH3 is 1. The number of halogens is 1. The number of carbonyl (C=O) groups is 3. The fourth-order valence-electron chi connectivity index (χ4n) is 3.82. The Hall–Kier alpha value is -3.57. The van der Waals surface area contributed by atoms with Gasteiger partial charge in [-0.3, -0.25) is 0 Å². The second-order valence-corrected chi connectivity index (χ2v) is 9.33. The molecule has 0 unspecified atom stereocenters. The van der Waals surface area contributed by atoms with Gasteiger partial charge in [-0.05, 0) is 29.8 Å². The number of ether oxygens (including phenoxy) is 5. The zero-order valence-corrected chi connectivity index (χ0v) is 21.9. The molecule has 198 valence electrons. The molecule has 0 amide bonds. The van der Waals surface area contributed by atoms with Gasteiger partial charge in [-0.25, -0.2) is 14.4 Å². The van der Waals surface area contributed by atoms with Crippen LogP contribution >= 0.6 is 15.9 Å². The topological polar surface area (TPSA) is 118 Å². The molecule has 1 heterocycles. The molecule has 4 rings (SSSR count). The van der Waals surface area contributed by atoms with Gasteiger partial charge in [0.05, 0.1) is 24.8 Å². The molecule has 3 aromatic rings. The number of alkyl halides is 1. The molecule has 0 saturated carbocycles. The number of aliphatic hydroxyl groups is 1. The van der Waals surface area contributed by atoms with Crippen molar-refractivity contribution in [2.24, 2.45) is 0 Å².